The number of alkyl halides is 2. The molecule has 0 amide bonds. The van der Waals surface area contributed by atoms with E-state index in [2.05, 4.69) is 15.4 Å². The number of nitrogen functional groups attached to an aromatic ring is 1. The number of nitrogens with zero attached hydrogens (tertiary/aromatic N) is 3. The van der Waals surface area contributed by atoms with Gasteiger partial charge in [-0.2, -0.15) is 0 Å². The van der Waals surface area contributed by atoms with Gasteiger partial charge in [-0.15, -0.1) is 0 Å². The Bertz CT molecular complexity index is 434. The van der Waals surface area contributed by atoms with Gasteiger partial charge in [0.05, 0.1) is 6.54 Å². The minimum atomic E-state index is -2.40. The Morgan fingerprint density at radius 3 is 2.61 bits per heavy atom. The fourth-order valence-electron chi connectivity index (χ4n) is 1.85. The van der Waals surface area contributed by atoms with Crippen molar-refractivity contribution >= 4 is 11.6 Å². The van der Waals surface area contributed by atoms with Gasteiger partial charge in [0, 0.05) is 18.5 Å². The van der Waals surface area contributed by atoms with Crippen LogP contribution in [0.5, 0.6) is 0 Å². The van der Waals surface area contributed by atoms with Crippen molar-refractivity contribution in [2.45, 2.75) is 32.1 Å². The van der Waals surface area contributed by atoms with Gasteiger partial charge in [0.15, 0.2) is 0 Å². The summed E-state index contributed by atoms with van der Waals surface area (Å²) in [6.45, 7) is 1.41. The third-order valence-corrected chi connectivity index (χ3v) is 2.99. The number of nitrogens with two attached hydrogens (primary N) is 1. The first-order valence-electron chi connectivity index (χ1n) is 5.87. The molecule has 1 fully saturated rings. The van der Waals surface area contributed by atoms with Gasteiger partial charge >= 0.3 is 0 Å². The Morgan fingerprint density at radius 2 is 2.11 bits per heavy atom. The van der Waals surface area contributed by atoms with Crippen LogP contribution in [0.25, 0.3) is 0 Å². The Kier molecular flexibility index (Phi) is 3.60. The molecule has 1 aromatic heterocycles. The molecule has 0 unspecified atom stereocenters. The van der Waals surface area contributed by atoms with Crippen LogP contribution in [0.2, 0.25) is 0 Å². The second-order valence-corrected chi connectivity index (χ2v) is 4.57. The lowest BCUT2D eigenvalue weighted by Crippen LogP contribution is -2.27. The maximum absolute atomic E-state index is 12.4. The zero-order chi connectivity index (χ0) is 13.3. The maximum Gasteiger partial charge on any atom is 0.255 e. The van der Waals surface area contributed by atoms with Gasteiger partial charge in [0.25, 0.3) is 6.43 Å². The third-order valence-electron chi connectivity index (χ3n) is 2.99. The van der Waals surface area contributed by atoms with Gasteiger partial charge in [-0.25, -0.2) is 24.6 Å². The van der Waals surface area contributed by atoms with Crippen molar-refractivity contribution in [3.63, 3.8) is 0 Å². The Labute approximate surface area is 104 Å². The molecule has 5 nitrogen and oxygen atoms in total. The summed E-state index contributed by atoms with van der Waals surface area (Å²) in [5, 5.41) is 0. The van der Waals surface area contributed by atoms with Crippen LogP contribution in [0.1, 0.15) is 30.1 Å². The lowest BCUT2D eigenvalue weighted by molar-refractivity contribution is 0.156. The number of rotatable bonds is 5. The largest absolute Gasteiger partial charge is 0.354 e. The van der Waals surface area contributed by atoms with E-state index < -0.39 is 6.43 Å². The van der Waals surface area contributed by atoms with Crippen LogP contribution in [-0.4, -0.2) is 30.0 Å². The molecule has 1 aliphatic rings. The summed E-state index contributed by atoms with van der Waals surface area (Å²) in [4.78, 5) is 10.1. The predicted molar refractivity (Wildman–Crippen MR) is 65.8 cm³/mol. The number of hydrogen-bond acceptors (Lipinski definition) is 5. The molecule has 2 rings (SSSR count). The summed E-state index contributed by atoms with van der Waals surface area (Å²) in [6, 6.07) is 0. The van der Waals surface area contributed by atoms with Crippen molar-refractivity contribution < 1.29 is 8.78 Å². The van der Waals surface area contributed by atoms with Gasteiger partial charge in [-0.05, 0) is 19.8 Å². The summed E-state index contributed by atoms with van der Waals surface area (Å²) in [6.07, 6.45) is -0.307. The predicted octanol–water partition coefficient (Wildman–Crippen LogP) is 1.65. The van der Waals surface area contributed by atoms with Crippen molar-refractivity contribution in [1.82, 2.24) is 9.97 Å². The SMILES string of the molecule is Cc1c(NN)nc(C2CC2)nc1N(C)CC(F)F. The number of anilines is 2. The Balaban J connectivity index is 2.34. The quantitative estimate of drug-likeness (QED) is 0.620. The average Bonchev–Trinajstić information content (AvgIpc) is 3.12. The van der Waals surface area contributed by atoms with E-state index in [-0.39, 0.29) is 6.54 Å². The molecule has 1 saturated carbocycles. The second-order valence-electron chi connectivity index (χ2n) is 4.57. The average molecular weight is 257 g/mol. The number of hydrogen-bond donors (Lipinski definition) is 2. The van der Waals surface area contributed by atoms with Crippen LogP contribution in [-0.2, 0) is 0 Å². The van der Waals surface area contributed by atoms with Gasteiger partial charge in [0.2, 0.25) is 0 Å². The second kappa shape index (κ2) is 5.01. The van der Waals surface area contributed by atoms with E-state index in [1.165, 1.54) is 4.90 Å². The molecular formula is C11H17F2N5. The first-order chi connectivity index (χ1) is 8.52. The van der Waals surface area contributed by atoms with Gasteiger partial charge in [-0.1, -0.05) is 0 Å². The van der Waals surface area contributed by atoms with Crippen molar-refractivity contribution in [2.24, 2.45) is 5.84 Å². The number of hydrazine groups is 1. The van der Waals surface area contributed by atoms with Crippen molar-refractivity contribution in [2.75, 3.05) is 23.9 Å². The summed E-state index contributed by atoms with van der Waals surface area (Å²) in [5.41, 5.74) is 3.19. The van der Waals surface area contributed by atoms with E-state index >= 15 is 0 Å². The third kappa shape index (κ3) is 2.66. The Hall–Kier alpha value is -1.50. The zero-order valence-electron chi connectivity index (χ0n) is 10.5. The van der Waals surface area contributed by atoms with Crippen LogP contribution >= 0.6 is 0 Å². The Morgan fingerprint density at radius 1 is 1.44 bits per heavy atom. The molecule has 0 aromatic carbocycles. The molecule has 1 aliphatic carbocycles. The molecule has 100 valence electrons. The van der Waals surface area contributed by atoms with E-state index in [0.29, 0.717) is 28.9 Å². The minimum Gasteiger partial charge on any atom is -0.354 e. The van der Waals surface area contributed by atoms with Gasteiger partial charge in [-0.3, -0.25) is 0 Å². The topological polar surface area (TPSA) is 67.1 Å². The highest BCUT2D eigenvalue weighted by Gasteiger charge is 2.29. The number of aromatic nitrogens is 2. The standard InChI is InChI=1S/C11H17F2N5/c1-6-9(17-14)15-10(7-3-4-7)16-11(6)18(2)5-8(12)13/h7-8H,3-5,14H2,1-2H3,(H,15,16,17). The normalized spacial score (nSPS) is 15.0. The highest BCUT2D eigenvalue weighted by atomic mass is 19.3. The van der Waals surface area contributed by atoms with Crippen LogP contribution < -0.4 is 16.2 Å². The summed E-state index contributed by atoms with van der Waals surface area (Å²) >= 11 is 0. The minimum absolute atomic E-state index is 0.344. The first kappa shape index (κ1) is 12.9. The molecule has 3 N–H and O–H groups in total. The molecule has 0 radical (unpaired) electrons. The van der Waals surface area contributed by atoms with E-state index in [1.807, 2.05) is 0 Å². The molecule has 0 spiro atoms. The highest BCUT2D eigenvalue weighted by Crippen LogP contribution is 2.39. The fraction of sp³-hybridized carbons (Fsp3) is 0.636. The molecule has 0 saturated heterocycles. The van der Waals surface area contributed by atoms with Crippen molar-refractivity contribution in [1.29, 1.82) is 0 Å². The van der Waals surface area contributed by atoms with Crippen LogP contribution in [0.4, 0.5) is 20.4 Å². The fourth-order valence-corrected chi connectivity index (χ4v) is 1.85. The lowest BCUT2D eigenvalue weighted by atomic mass is 10.2. The monoisotopic (exact) mass is 257 g/mol. The van der Waals surface area contributed by atoms with Crippen LogP contribution in [0, 0.1) is 6.92 Å². The maximum atomic E-state index is 12.4. The zero-order valence-corrected chi connectivity index (χ0v) is 10.5. The van der Waals surface area contributed by atoms with Crippen LogP contribution in [0.3, 0.4) is 0 Å². The molecule has 0 atom stereocenters. The molecule has 18 heavy (non-hydrogen) atoms. The summed E-state index contributed by atoms with van der Waals surface area (Å²) in [5.74, 6) is 7.45. The van der Waals surface area contributed by atoms with E-state index in [0.717, 1.165) is 12.8 Å². The van der Waals surface area contributed by atoms with Gasteiger partial charge in [0.1, 0.15) is 17.5 Å². The van der Waals surface area contributed by atoms with E-state index in [4.69, 9.17) is 5.84 Å². The molecule has 1 aromatic rings. The van der Waals surface area contributed by atoms with Crippen molar-refractivity contribution in [3.05, 3.63) is 11.4 Å². The molecular weight excluding hydrogens is 240 g/mol. The smallest absolute Gasteiger partial charge is 0.255 e. The molecule has 0 aliphatic heterocycles. The van der Waals surface area contributed by atoms with Gasteiger partial charge < -0.3 is 10.3 Å². The highest BCUT2D eigenvalue weighted by molar-refractivity contribution is 5.58. The molecule has 0 bridgehead atoms. The lowest BCUT2D eigenvalue weighted by Gasteiger charge is -2.21. The molecule has 7 heteroatoms. The van der Waals surface area contributed by atoms with E-state index in [1.54, 1.807) is 14.0 Å². The molecule has 1 heterocycles. The van der Waals surface area contributed by atoms with Crippen molar-refractivity contribution in [3.8, 4) is 0 Å². The number of nitrogens with one attached hydrogen (secondary N) is 1. The number of halogens is 2. The first-order valence-corrected chi connectivity index (χ1v) is 5.87. The summed E-state index contributed by atoms with van der Waals surface area (Å²) < 4.78 is 24.9. The summed E-state index contributed by atoms with van der Waals surface area (Å²) in [7, 11) is 1.60. The van der Waals surface area contributed by atoms with E-state index in [9.17, 15) is 8.78 Å². The van der Waals surface area contributed by atoms with Crippen LogP contribution in [0.15, 0.2) is 0 Å².